The highest BCUT2D eigenvalue weighted by molar-refractivity contribution is 7.98. The molecule has 1 heterocycles. The first kappa shape index (κ1) is 15.5. The summed E-state index contributed by atoms with van der Waals surface area (Å²) >= 11 is 7.81. The molecule has 0 saturated carbocycles. The van der Waals surface area contributed by atoms with Crippen LogP contribution in [0.3, 0.4) is 0 Å². The number of nitrogens with one attached hydrogen (secondary N) is 1. The van der Waals surface area contributed by atoms with Gasteiger partial charge < -0.3 is 10.1 Å². The van der Waals surface area contributed by atoms with Crippen LogP contribution in [-0.4, -0.2) is 35.1 Å². The molecule has 0 aliphatic heterocycles. The lowest BCUT2D eigenvalue weighted by Crippen LogP contribution is -2.07. The van der Waals surface area contributed by atoms with Gasteiger partial charge in [0.15, 0.2) is 5.82 Å². The topological polar surface area (TPSA) is 47.0 Å². The first-order valence-corrected chi connectivity index (χ1v) is 7.87. The highest BCUT2D eigenvalue weighted by Crippen LogP contribution is 2.12. The number of nitrogens with zero attached hydrogens (tertiary/aromatic N) is 2. The Bertz CT molecular complexity index is 352. The van der Waals surface area contributed by atoms with Crippen molar-refractivity contribution in [2.45, 2.75) is 26.4 Å². The van der Waals surface area contributed by atoms with Gasteiger partial charge in [-0.3, -0.25) is 0 Å². The molecule has 0 saturated heterocycles. The molecule has 0 atom stereocenters. The van der Waals surface area contributed by atoms with Crippen molar-refractivity contribution < 1.29 is 4.74 Å². The number of aromatic nitrogens is 2. The van der Waals surface area contributed by atoms with Crippen molar-refractivity contribution in [3.05, 3.63) is 17.0 Å². The Balaban J connectivity index is 2.41. The van der Waals surface area contributed by atoms with Gasteiger partial charge in [0.1, 0.15) is 17.6 Å². The van der Waals surface area contributed by atoms with Gasteiger partial charge >= 0.3 is 0 Å². The lowest BCUT2D eigenvalue weighted by atomic mass is 10.3. The lowest BCUT2D eigenvalue weighted by molar-refractivity contribution is 0.128. The Morgan fingerprint density at radius 2 is 2.22 bits per heavy atom. The molecular weight excluding hydrogens is 270 g/mol. The molecule has 0 unspecified atom stereocenters. The second-order valence-electron chi connectivity index (χ2n) is 3.76. The number of halogens is 1. The minimum Gasteiger partial charge on any atom is -0.374 e. The zero-order valence-electron chi connectivity index (χ0n) is 10.9. The van der Waals surface area contributed by atoms with Gasteiger partial charge in [0, 0.05) is 19.2 Å². The van der Waals surface area contributed by atoms with Crippen molar-refractivity contribution in [2.24, 2.45) is 0 Å². The third-order valence-electron chi connectivity index (χ3n) is 2.26. The Kier molecular flexibility index (Phi) is 8.13. The van der Waals surface area contributed by atoms with Crippen molar-refractivity contribution in [3.63, 3.8) is 0 Å². The van der Waals surface area contributed by atoms with E-state index in [9.17, 15) is 0 Å². The maximum Gasteiger partial charge on any atom is 0.158 e. The van der Waals surface area contributed by atoms with Crippen molar-refractivity contribution in [3.8, 4) is 0 Å². The van der Waals surface area contributed by atoms with Gasteiger partial charge in [-0.25, -0.2) is 9.97 Å². The van der Waals surface area contributed by atoms with E-state index in [1.807, 2.05) is 18.7 Å². The number of unbranched alkanes of at least 4 members (excludes halogenated alkanes) is 1. The fourth-order valence-electron chi connectivity index (χ4n) is 1.40. The smallest absolute Gasteiger partial charge is 0.158 e. The van der Waals surface area contributed by atoms with E-state index in [1.165, 1.54) is 12.2 Å². The number of rotatable bonds is 9. The van der Waals surface area contributed by atoms with Gasteiger partial charge in [-0.2, -0.15) is 11.8 Å². The van der Waals surface area contributed by atoms with E-state index in [0.717, 1.165) is 18.8 Å². The molecule has 0 spiro atoms. The summed E-state index contributed by atoms with van der Waals surface area (Å²) in [7, 11) is 0. The summed E-state index contributed by atoms with van der Waals surface area (Å²) in [5, 5.41) is 3.71. The summed E-state index contributed by atoms with van der Waals surface area (Å²) in [4.78, 5) is 8.47. The van der Waals surface area contributed by atoms with Gasteiger partial charge in [0.2, 0.25) is 0 Å². The predicted octanol–water partition coefficient (Wildman–Crippen LogP) is 3.22. The third kappa shape index (κ3) is 6.42. The summed E-state index contributed by atoms with van der Waals surface area (Å²) in [6, 6.07) is 1.74. The normalized spacial score (nSPS) is 10.6. The zero-order chi connectivity index (χ0) is 13.2. The summed E-state index contributed by atoms with van der Waals surface area (Å²) in [5.41, 5.74) is 0. The van der Waals surface area contributed by atoms with E-state index in [2.05, 4.69) is 21.5 Å². The second kappa shape index (κ2) is 9.42. The van der Waals surface area contributed by atoms with Crippen molar-refractivity contribution in [2.75, 3.05) is 30.5 Å². The maximum atomic E-state index is 5.94. The average molecular weight is 290 g/mol. The predicted molar refractivity (Wildman–Crippen MR) is 78.5 cm³/mol. The van der Waals surface area contributed by atoms with E-state index in [4.69, 9.17) is 16.3 Å². The standard InChI is InChI=1S/C12H20ClN3OS/c1-3-17-9-12-15-10(13)8-11(16-12)14-6-4-5-7-18-2/h8H,3-7,9H2,1-2H3,(H,14,15,16). The molecule has 1 rings (SSSR count). The molecular formula is C12H20ClN3OS. The number of thioether (sulfide) groups is 1. The summed E-state index contributed by atoms with van der Waals surface area (Å²) in [6.07, 6.45) is 4.46. The summed E-state index contributed by atoms with van der Waals surface area (Å²) in [5.74, 6) is 2.59. The molecule has 0 amide bonds. The SMILES string of the molecule is CCOCc1nc(Cl)cc(NCCCCSC)n1. The molecule has 0 radical (unpaired) electrons. The summed E-state index contributed by atoms with van der Waals surface area (Å²) < 4.78 is 5.27. The fraction of sp³-hybridized carbons (Fsp3) is 0.667. The van der Waals surface area contributed by atoms with Crippen LogP contribution in [0.1, 0.15) is 25.6 Å². The van der Waals surface area contributed by atoms with Gasteiger partial charge in [-0.1, -0.05) is 11.6 Å². The first-order valence-electron chi connectivity index (χ1n) is 6.10. The Morgan fingerprint density at radius 1 is 1.39 bits per heavy atom. The van der Waals surface area contributed by atoms with Crippen LogP contribution in [-0.2, 0) is 11.3 Å². The number of ether oxygens (including phenoxy) is 1. The second-order valence-corrected chi connectivity index (χ2v) is 5.13. The minimum absolute atomic E-state index is 0.401. The molecule has 1 aromatic rings. The number of hydrogen-bond acceptors (Lipinski definition) is 5. The maximum absolute atomic E-state index is 5.94. The van der Waals surface area contributed by atoms with E-state index in [-0.39, 0.29) is 0 Å². The molecule has 0 aliphatic carbocycles. The van der Waals surface area contributed by atoms with Crippen molar-refractivity contribution >= 4 is 29.2 Å². The van der Waals surface area contributed by atoms with Gasteiger partial charge in [-0.05, 0) is 31.8 Å². The van der Waals surface area contributed by atoms with Gasteiger partial charge in [0.25, 0.3) is 0 Å². The molecule has 0 fully saturated rings. The number of anilines is 1. The summed E-state index contributed by atoms with van der Waals surface area (Å²) in [6.45, 7) is 3.89. The molecule has 4 nitrogen and oxygen atoms in total. The minimum atomic E-state index is 0.401. The number of hydrogen-bond donors (Lipinski definition) is 1. The Morgan fingerprint density at radius 3 is 2.94 bits per heavy atom. The third-order valence-corrected chi connectivity index (χ3v) is 3.15. The molecule has 6 heteroatoms. The van der Waals surface area contributed by atoms with Crippen LogP contribution in [0.25, 0.3) is 0 Å². The monoisotopic (exact) mass is 289 g/mol. The molecule has 0 bridgehead atoms. The van der Waals surface area contributed by atoms with Crippen LogP contribution >= 0.6 is 23.4 Å². The fourth-order valence-corrected chi connectivity index (χ4v) is 2.09. The molecule has 0 aromatic carbocycles. The van der Waals surface area contributed by atoms with Crippen LogP contribution in [0.15, 0.2) is 6.07 Å². The largest absolute Gasteiger partial charge is 0.374 e. The van der Waals surface area contributed by atoms with E-state index in [1.54, 1.807) is 6.07 Å². The Labute approximate surface area is 118 Å². The molecule has 1 N–H and O–H groups in total. The highest BCUT2D eigenvalue weighted by Gasteiger charge is 2.03. The molecule has 18 heavy (non-hydrogen) atoms. The lowest BCUT2D eigenvalue weighted by Gasteiger charge is -2.07. The quantitative estimate of drug-likeness (QED) is 0.559. The van der Waals surface area contributed by atoms with Gasteiger partial charge in [-0.15, -0.1) is 0 Å². The van der Waals surface area contributed by atoms with Crippen molar-refractivity contribution in [1.29, 1.82) is 0 Å². The molecule has 102 valence electrons. The molecule has 0 aliphatic rings. The molecule has 1 aromatic heterocycles. The zero-order valence-corrected chi connectivity index (χ0v) is 12.5. The first-order chi connectivity index (χ1) is 8.76. The van der Waals surface area contributed by atoms with Gasteiger partial charge in [0.05, 0.1) is 0 Å². The van der Waals surface area contributed by atoms with E-state index in [0.29, 0.717) is 24.2 Å². The van der Waals surface area contributed by atoms with Crippen LogP contribution in [0, 0.1) is 0 Å². The van der Waals surface area contributed by atoms with E-state index < -0.39 is 0 Å². The van der Waals surface area contributed by atoms with Crippen LogP contribution in [0.2, 0.25) is 5.15 Å². The highest BCUT2D eigenvalue weighted by atomic mass is 35.5. The van der Waals surface area contributed by atoms with E-state index >= 15 is 0 Å². The van der Waals surface area contributed by atoms with Crippen LogP contribution in [0.4, 0.5) is 5.82 Å². The van der Waals surface area contributed by atoms with Crippen LogP contribution < -0.4 is 5.32 Å². The Hall–Kier alpha value is -0.520. The van der Waals surface area contributed by atoms with Crippen molar-refractivity contribution in [1.82, 2.24) is 9.97 Å². The van der Waals surface area contributed by atoms with Crippen LogP contribution in [0.5, 0.6) is 0 Å². The average Bonchev–Trinajstić information content (AvgIpc) is 2.35.